The number of esters is 1. The molecule has 0 fully saturated rings. The number of aromatic nitrogens is 1. The quantitative estimate of drug-likeness (QED) is 0.868. The Kier molecular flexibility index (Phi) is 5.23. The molecule has 120 valence electrons. The van der Waals surface area contributed by atoms with Gasteiger partial charge in [0.15, 0.2) is 6.10 Å². The molecule has 23 heavy (non-hydrogen) atoms. The van der Waals surface area contributed by atoms with Crippen molar-refractivity contribution >= 4 is 29.3 Å². The maximum absolute atomic E-state index is 13.1. The highest BCUT2D eigenvalue weighted by atomic mass is 35.5. The van der Waals surface area contributed by atoms with Crippen molar-refractivity contribution in [1.82, 2.24) is 4.98 Å². The van der Waals surface area contributed by atoms with Gasteiger partial charge in [0, 0.05) is 12.3 Å². The van der Waals surface area contributed by atoms with Gasteiger partial charge in [-0.1, -0.05) is 11.6 Å². The second-order valence-electron chi connectivity index (χ2n) is 4.56. The second-order valence-corrected chi connectivity index (χ2v) is 4.99. The van der Waals surface area contributed by atoms with Crippen LogP contribution in [0.4, 0.5) is 14.6 Å². The Morgan fingerprint density at radius 3 is 2.43 bits per heavy atom. The molecule has 2 rings (SSSR count). The van der Waals surface area contributed by atoms with Gasteiger partial charge in [0.05, 0.1) is 10.6 Å². The Labute approximate surface area is 135 Å². The van der Waals surface area contributed by atoms with E-state index < -0.39 is 29.6 Å². The fourth-order valence-electron chi connectivity index (χ4n) is 1.63. The van der Waals surface area contributed by atoms with Crippen LogP contribution in [-0.2, 0) is 9.53 Å². The molecule has 0 spiro atoms. The van der Waals surface area contributed by atoms with Crippen LogP contribution in [0, 0.1) is 11.6 Å². The number of benzene rings is 1. The molecule has 1 atom stereocenters. The Hall–Kier alpha value is -2.54. The summed E-state index contributed by atoms with van der Waals surface area (Å²) < 4.78 is 31.0. The number of rotatable bonds is 4. The zero-order chi connectivity index (χ0) is 17.0. The Morgan fingerprint density at radius 2 is 1.87 bits per heavy atom. The fraction of sp³-hybridized carbons (Fsp3) is 0.133. The summed E-state index contributed by atoms with van der Waals surface area (Å²) in [7, 11) is 0. The minimum absolute atomic E-state index is 0.221. The van der Waals surface area contributed by atoms with Gasteiger partial charge in [-0.15, -0.1) is 0 Å². The molecule has 0 saturated heterocycles. The highest BCUT2D eigenvalue weighted by Crippen LogP contribution is 2.12. The van der Waals surface area contributed by atoms with Gasteiger partial charge in [0.1, 0.15) is 17.5 Å². The first-order chi connectivity index (χ1) is 10.8. The van der Waals surface area contributed by atoms with Crippen molar-refractivity contribution in [2.45, 2.75) is 13.0 Å². The number of nitrogens with one attached hydrogen (secondary N) is 1. The number of nitrogens with zero attached hydrogens (tertiary/aromatic N) is 1. The molecular weight excluding hydrogens is 330 g/mol. The zero-order valence-corrected chi connectivity index (χ0v) is 12.6. The number of anilines is 1. The molecule has 0 saturated carbocycles. The molecule has 1 heterocycles. The van der Waals surface area contributed by atoms with Crippen LogP contribution in [0.3, 0.4) is 0 Å². The third kappa shape index (κ3) is 4.72. The van der Waals surface area contributed by atoms with Crippen LogP contribution in [-0.4, -0.2) is 23.0 Å². The number of amides is 1. The highest BCUT2D eigenvalue weighted by molar-refractivity contribution is 6.30. The average molecular weight is 341 g/mol. The van der Waals surface area contributed by atoms with Crippen molar-refractivity contribution in [3.63, 3.8) is 0 Å². The lowest BCUT2D eigenvalue weighted by atomic mass is 10.2. The SMILES string of the molecule is C[C@H](OC(=O)c1cc(F)cc(F)c1)C(=O)Nc1ccc(Cl)cn1. The first-order valence-corrected chi connectivity index (χ1v) is 6.82. The van der Waals surface area contributed by atoms with Crippen molar-refractivity contribution in [2.75, 3.05) is 5.32 Å². The van der Waals surface area contributed by atoms with E-state index in [4.69, 9.17) is 16.3 Å². The van der Waals surface area contributed by atoms with Crippen LogP contribution >= 0.6 is 11.6 Å². The van der Waals surface area contributed by atoms with E-state index in [-0.39, 0.29) is 11.4 Å². The van der Waals surface area contributed by atoms with Gasteiger partial charge in [0.2, 0.25) is 0 Å². The van der Waals surface area contributed by atoms with E-state index in [0.717, 1.165) is 12.1 Å². The fourth-order valence-corrected chi connectivity index (χ4v) is 1.74. The summed E-state index contributed by atoms with van der Waals surface area (Å²) in [6.07, 6.45) is 0.148. The lowest BCUT2D eigenvalue weighted by molar-refractivity contribution is -0.123. The summed E-state index contributed by atoms with van der Waals surface area (Å²) in [5.41, 5.74) is -0.327. The standard InChI is InChI=1S/C15H11ClF2N2O3/c1-8(14(21)20-13-3-2-10(16)7-19-13)23-15(22)9-4-11(17)6-12(18)5-9/h2-8H,1H3,(H,19,20,21)/t8-/m0/s1. The van der Waals surface area contributed by atoms with Gasteiger partial charge in [-0.25, -0.2) is 18.6 Å². The van der Waals surface area contributed by atoms with Gasteiger partial charge >= 0.3 is 5.97 Å². The topological polar surface area (TPSA) is 68.3 Å². The van der Waals surface area contributed by atoms with Crippen LogP contribution in [0.15, 0.2) is 36.5 Å². The number of ether oxygens (including phenoxy) is 1. The van der Waals surface area contributed by atoms with Crippen molar-refractivity contribution in [3.05, 3.63) is 58.7 Å². The van der Waals surface area contributed by atoms with E-state index in [1.165, 1.54) is 25.3 Å². The first-order valence-electron chi connectivity index (χ1n) is 6.44. The monoisotopic (exact) mass is 340 g/mol. The number of hydrogen-bond acceptors (Lipinski definition) is 4. The van der Waals surface area contributed by atoms with Crippen LogP contribution in [0.5, 0.6) is 0 Å². The van der Waals surface area contributed by atoms with Crippen LogP contribution in [0.2, 0.25) is 5.02 Å². The molecule has 1 amide bonds. The minimum atomic E-state index is -1.19. The van der Waals surface area contributed by atoms with Gasteiger partial charge in [-0.2, -0.15) is 0 Å². The third-order valence-corrected chi connectivity index (χ3v) is 2.95. The number of carbonyl (C=O) groups is 2. The number of pyridine rings is 1. The number of carbonyl (C=O) groups excluding carboxylic acids is 2. The summed E-state index contributed by atoms with van der Waals surface area (Å²) in [5.74, 6) is -3.28. The van der Waals surface area contributed by atoms with Gasteiger partial charge < -0.3 is 10.1 Å². The average Bonchev–Trinajstić information content (AvgIpc) is 2.48. The maximum Gasteiger partial charge on any atom is 0.339 e. The third-order valence-electron chi connectivity index (χ3n) is 2.73. The summed E-state index contributed by atoms with van der Waals surface area (Å²) in [6, 6.07) is 5.25. The molecule has 1 aromatic heterocycles. The van der Waals surface area contributed by atoms with E-state index in [2.05, 4.69) is 10.3 Å². The van der Waals surface area contributed by atoms with Gasteiger partial charge in [-0.3, -0.25) is 4.79 Å². The smallest absolute Gasteiger partial charge is 0.339 e. The van der Waals surface area contributed by atoms with Gasteiger partial charge in [-0.05, 0) is 31.2 Å². The van der Waals surface area contributed by atoms with Crippen LogP contribution in [0.1, 0.15) is 17.3 Å². The summed E-state index contributed by atoms with van der Waals surface area (Å²) in [6.45, 7) is 1.32. The molecular formula is C15H11ClF2N2O3. The predicted octanol–water partition coefficient (Wildman–Crippen LogP) is 3.20. The van der Waals surface area contributed by atoms with Gasteiger partial charge in [0.25, 0.3) is 5.91 Å². The van der Waals surface area contributed by atoms with Crippen LogP contribution in [0.25, 0.3) is 0 Å². The number of hydrogen-bond donors (Lipinski definition) is 1. The highest BCUT2D eigenvalue weighted by Gasteiger charge is 2.20. The molecule has 0 bridgehead atoms. The largest absolute Gasteiger partial charge is 0.449 e. The van der Waals surface area contributed by atoms with E-state index in [9.17, 15) is 18.4 Å². The van der Waals surface area contributed by atoms with Crippen molar-refractivity contribution in [2.24, 2.45) is 0 Å². The lowest BCUT2D eigenvalue weighted by Gasteiger charge is -2.13. The predicted molar refractivity (Wildman–Crippen MR) is 79.1 cm³/mol. The van der Waals surface area contributed by atoms with Crippen molar-refractivity contribution < 1.29 is 23.1 Å². The number of halogens is 3. The summed E-state index contributed by atoms with van der Waals surface area (Å²) in [4.78, 5) is 27.5. The summed E-state index contributed by atoms with van der Waals surface area (Å²) in [5, 5.41) is 2.81. The molecule has 0 unspecified atom stereocenters. The first kappa shape index (κ1) is 16.8. The molecule has 2 aromatic rings. The molecule has 0 radical (unpaired) electrons. The van der Waals surface area contributed by atoms with E-state index in [0.29, 0.717) is 11.1 Å². The Bertz CT molecular complexity index is 718. The van der Waals surface area contributed by atoms with E-state index in [1.54, 1.807) is 0 Å². The zero-order valence-electron chi connectivity index (χ0n) is 11.8. The van der Waals surface area contributed by atoms with Crippen molar-refractivity contribution in [3.8, 4) is 0 Å². The second kappa shape index (κ2) is 7.15. The molecule has 0 aliphatic rings. The molecule has 8 heteroatoms. The van der Waals surface area contributed by atoms with Crippen molar-refractivity contribution in [1.29, 1.82) is 0 Å². The van der Waals surface area contributed by atoms with E-state index >= 15 is 0 Å². The molecule has 0 aliphatic heterocycles. The van der Waals surface area contributed by atoms with E-state index in [1.807, 2.05) is 0 Å². The van der Waals surface area contributed by atoms with Crippen LogP contribution < -0.4 is 5.32 Å². The molecule has 1 N–H and O–H groups in total. The Balaban J connectivity index is 1.99. The molecule has 1 aromatic carbocycles. The Morgan fingerprint density at radius 1 is 1.22 bits per heavy atom. The lowest BCUT2D eigenvalue weighted by Crippen LogP contribution is -2.30. The summed E-state index contributed by atoms with van der Waals surface area (Å²) >= 11 is 5.67. The normalized spacial score (nSPS) is 11.7. The minimum Gasteiger partial charge on any atom is -0.449 e. The molecule has 5 nitrogen and oxygen atoms in total. The maximum atomic E-state index is 13.1. The molecule has 0 aliphatic carbocycles.